The Morgan fingerprint density at radius 1 is 0.562 bits per heavy atom. The van der Waals surface area contributed by atoms with Crippen molar-refractivity contribution >= 4 is 31.5 Å². The SMILES string of the molecule is Cc1cc(-c2ccccc2)cc2sc3cc(-c4cc(-c5ccccc5)ccn4)ccc3c12. The van der Waals surface area contributed by atoms with Crippen molar-refractivity contribution in [1.29, 1.82) is 0 Å². The summed E-state index contributed by atoms with van der Waals surface area (Å²) in [7, 11) is 0. The summed E-state index contributed by atoms with van der Waals surface area (Å²) < 4.78 is 2.64. The molecule has 0 aliphatic carbocycles. The van der Waals surface area contributed by atoms with Gasteiger partial charge in [0.2, 0.25) is 0 Å². The molecule has 6 aromatic rings. The number of rotatable bonds is 3. The van der Waals surface area contributed by atoms with Crippen LogP contribution in [0, 0.1) is 6.92 Å². The molecule has 0 saturated carbocycles. The van der Waals surface area contributed by atoms with Gasteiger partial charge in [-0.2, -0.15) is 0 Å². The van der Waals surface area contributed by atoms with E-state index >= 15 is 0 Å². The van der Waals surface area contributed by atoms with E-state index in [1.165, 1.54) is 48.0 Å². The molecule has 0 radical (unpaired) electrons. The molecule has 0 bridgehead atoms. The van der Waals surface area contributed by atoms with Crippen molar-refractivity contribution in [2.45, 2.75) is 6.92 Å². The Hall–Kier alpha value is -3.75. The average molecular weight is 428 g/mol. The van der Waals surface area contributed by atoms with Gasteiger partial charge in [-0.25, -0.2) is 0 Å². The fraction of sp³-hybridized carbons (Fsp3) is 0.0333. The van der Waals surface area contributed by atoms with Crippen LogP contribution in [-0.2, 0) is 0 Å². The zero-order chi connectivity index (χ0) is 21.5. The number of benzene rings is 4. The lowest BCUT2D eigenvalue weighted by molar-refractivity contribution is 1.33. The molecule has 6 rings (SSSR count). The molecule has 2 heteroatoms. The Labute approximate surface area is 191 Å². The van der Waals surface area contributed by atoms with Crippen molar-refractivity contribution in [3.63, 3.8) is 0 Å². The van der Waals surface area contributed by atoms with Gasteiger partial charge in [0.05, 0.1) is 5.69 Å². The first-order chi connectivity index (χ1) is 15.8. The monoisotopic (exact) mass is 427 g/mol. The van der Waals surface area contributed by atoms with E-state index in [0.29, 0.717) is 0 Å². The minimum absolute atomic E-state index is 1.01. The zero-order valence-electron chi connectivity index (χ0n) is 17.7. The number of pyridine rings is 1. The molecule has 0 fully saturated rings. The number of nitrogens with zero attached hydrogens (tertiary/aromatic N) is 1. The lowest BCUT2D eigenvalue weighted by Crippen LogP contribution is -1.85. The summed E-state index contributed by atoms with van der Waals surface area (Å²) in [6.45, 7) is 2.22. The van der Waals surface area contributed by atoms with Gasteiger partial charge in [-0.05, 0) is 59.0 Å². The minimum Gasteiger partial charge on any atom is -0.256 e. The van der Waals surface area contributed by atoms with E-state index < -0.39 is 0 Å². The molecular weight excluding hydrogens is 406 g/mol. The van der Waals surface area contributed by atoms with Crippen molar-refractivity contribution in [2.24, 2.45) is 0 Å². The Balaban J connectivity index is 1.47. The van der Waals surface area contributed by atoms with Crippen LogP contribution in [0.4, 0.5) is 0 Å². The summed E-state index contributed by atoms with van der Waals surface area (Å²) in [5.41, 5.74) is 8.43. The fourth-order valence-corrected chi connectivity index (χ4v) is 5.73. The van der Waals surface area contributed by atoms with Gasteiger partial charge in [0, 0.05) is 31.9 Å². The predicted molar refractivity (Wildman–Crippen MR) is 138 cm³/mol. The van der Waals surface area contributed by atoms with Crippen LogP contribution in [0.3, 0.4) is 0 Å². The Kier molecular flexibility index (Phi) is 4.59. The normalized spacial score (nSPS) is 11.3. The molecule has 152 valence electrons. The molecule has 4 aromatic carbocycles. The van der Waals surface area contributed by atoms with E-state index in [4.69, 9.17) is 0 Å². The third-order valence-corrected chi connectivity index (χ3v) is 7.14. The van der Waals surface area contributed by atoms with E-state index in [-0.39, 0.29) is 0 Å². The highest BCUT2D eigenvalue weighted by Gasteiger charge is 2.12. The molecule has 0 aliphatic heterocycles. The number of hydrogen-bond acceptors (Lipinski definition) is 2. The molecule has 0 spiro atoms. The standard InChI is InChI=1S/C30H21NS/c1-20-16-25(22-10-6-3-7-11-22)19-29-30(20)26-13-12-24(18-28(26)32-29)27-17-23(14-15-31-27)21-8-4-2-5-9-21/h2-19H,1H3. The van der Waals surface area contributed by atoms with Crippen molar-refractivity contribution in [2.75, 3.05) is 0 Å². The van der Waals surface area contributed by atoms with E-state index in [9.17, 15) is 0 Å². The zero-order valence-corrected chi connectivity index (χ0v) is 18.6. The quantitative estimate of drug-likeness (QED) is 0.275. The van der Waals surface area contributed by atoms with Crippen LogP contribution in [0.1, 0.15) is 5.56 Å². The van der Waals surface area contributed by atoms with Gasteiger partial charge in [0.1, 0.15) is 0 Å². The predicted octanol–water partition coefficient (Wildman–Crippen LogP) is 8.76. The van der Waals surface area contributed by atoms with Crippen LogP contribution in [0.2, 0.25) is 0 Å². The highest BCUT2D eigenvalue weighted by molar-refractivity contribution is 7.25. The first-order valence-electron chi connectivity index (χ1n) is 10.8. The second-order valence-electron chi connectivity index (χ2n) is 8.14. The van der Waals surface area contributed by atoms with E-state index in [1.54, 1.807) is 0 Å². The number of fused-ring (bicyclic) bond motifs is 3. The lowest BCUT2D eigenvalue weighted by atomic mass is 9.99. The van der Waals surface area contributed by atoms with Crippen LogP contribution in [0.5, 0.6) is 0 Å². The van der Waals surface area contributed by atoms with Gasteiger partial charge in [-0.1, -0.05) is 78.9 Å². The molecule has 2 aromatic heterocycles. The van der Waals surface area contributed by atoms with E-state index in [1.807, 2.05) is 23.6 Å². The molecular formula is C30H21NS. The molecule has 0 N–H and O–H groups in total. The van der Waals surface area contributed by atoms with Gasteiger partial charge in [-0.15, -0.1) is 11.3 Å². The Morgan fingerprint density at radius 3 is 2.00 bits per heavy atom. The summed E-state index contributed by atoms with van der Waals surface area (Å²) in [4.78, 5) is 4.67. The van der Waals surface area contributed by atoms with Crippen LogP contribution < -0.4 is 0 Å². The smallest absolute Gasteiger partial charge is 0.0708 e. The van der Waals surface area contributed by atoms with Crippen molar-refractivity contribution < 1.29 is 0 Å². The Bertz CT molecular complexity index is 1560. The minimum atomic E-state index is 1.01. The number of thiophene rings is 1. The fourth-order valence-electron chi connectivity index (χ4n) is 4.47. The first-order valence-corrected chi connectivity index (χ1v) is 11.6. The summed E-state index contributed by atoms with van der Waals surface area (Å²) in [5.74, 6) is 0. The van der Waals surface area contributed by atoms with Gasteiger partial charge in [0.25, 0.3) is 0 Å². The molecule has 0 aliphatic rings. The average Bonchev–Trinajstić information content (AvgIpc) is 3.23. The van der Waals surface area contributed by atoms with Gasteiger partial charge < -0.3 is 0 Å². The van der Waals surface area contributed by atoms with Gasteiger partial charge >= 0.3 is 0 Å². The molecule has 0 saturated heterocycles. The molecule has 0 amide bonds. The molecule has 2 heterocycles. The number of aryl methyl sites for hydroxylation is 1. The van der Waals surface area contributed by atoms with Gasteiger partial charge in [0.15, 0.2) is 0 Å². The van der Waals surface area contributed by atoms with Gasteiger partial charge in [-0.3, -0.25) is 4.98 Å². The number of hydrogen-bond donors (Lipinski definition) is 0. The second kappa shape index (κ2) is 7.74. The van der Waals surface area contributed by atoms with Crippen molar-refractivity contribution in [1.82, 2.24) is 4.98 Å². The second-order valence-corrected chi connectivity index (χ2v) is 9.22. The highest BCUT2D eigenvalue weighted by Crippen LogP contribution is 2.40. The summed E-state index contributed by atoms with van der Waals surface area (Å²) in [6, 6.07) is 36.7. The third kappa shape index (κ3) is 3.30. The summed E-state index contributed by atoms with van der Waals surface area (Å²) >= 11 is 1.87. The Morgan fingerprint density at radius 2 is 1.25 bits per heavy atom. The lowest BCUT2D eigenvalue weighted by Gasteiger charge is -2.06. The molecule has 0 unspecified atom stereocenters. The van der Waals surface area contributed by atoms with Crippen molar-refractivity contribution in [3.8, 4) is 33.5 Å². The van der Waals surface area contributed by atoms with Crippen LogP contribution in [0.15, 0.2) is 109 Å². The molecule has 1 nitrogen and oxygen atoms in total. The maximum absolute atomic E-state index is 4.67. The first kappa shape index (κ1) is 19.0. The maximum Gasteiger partial charge on any atom is 0.0708 e. The van der Waals surface area contributed by atoms with E-state index in [2.05, 4.69) is 109 Å². The van der Waals surface area contributed by atoms with Crippen molar-refractivity contribution in [3.05, 3.63) is 115 Å². The van der Waals surface area contributed by atoms with Crippen LogP contribution in [0.25, 0.3) is 53.7 Å². The molecule has 32 heavy (non-hydrogen) atoms. The third-order valence-electron chi connectivity index (χ3n) is 6.04. The molecule has 0 atom stereocenters. The summed E-state index contributed by atoms with van der Waals surface area (Å²) in [5, 5.41) is 2.69. The summed E-state index contributed by atoms with van der Waals surface area (Å²) in [6.07, 6.45) is 1.91. The maximum atomic E-state index is 4.67. The van der Waals surface area contributed by atoms with Crippen LogP contribution >= 0.6 is 11.3 Å². The topological polar surface area (TPSA) is 12.9 Å². The van der Waals surface area contributed by atoms with E-state index in [0.717, 1.165) is 11.3 Å². The largest absolute Gasteiger partial charge is 0.256 e. The highest BCUT2D eigenvalue weighted by atomic mass is 32.1. The van der Waals surface area contributed by atoms with Crippen LogP contribution in [-0.4, -0.2) is 4.98 Å². The number of aromatic nitrogens is 1.